The Morgan fingerprint density at radius 1 is 1.39 bits per heavy atom. The van der Waals surface area contributed by atoms with E-state index in [1.54, 1.807) is 0 Å². The van der Waals surface area contributed by atoms with Crippen molar-refractivity contribution in [2.24, 2.45) is 11.7 Å². The third-order valence-electron chi connectivity index (χ3n) is 3.93. The molecular weight excluding hydrogens is 230 g/mol. The predicted octanol–water partition coefficient (Wildman–Crippen LogP) is 0.289. The molecule has 0 aromatic rings. The van der Waals surface area contributed by atoms with E-state index in [1.807, 2.05) is 0 Å². The van der Waals surface area contributed by atoms with Crippen molar-refractivity contribution in [1.29, 1.82) is 0 Å². The van der Waals surface area contributed by atoms with E-state index >= 15 is 0 Å². The predicted molar refractivity (Wildman–Crippen MR) is 68.7 cm³/mol. The molecule has 2 aliphatic rings. The Bertz CT molecular complexity index is 319. The molecule has 4 N–H and O–H groups in total. The van der Waals surface area contributed by atoms with Gasteiger partial charge in [-0.2, -0.15) is 0 Å². The molecule has 1 saturated carbocycles. The first kappa shape index (κ1) is 13.3. The summed E-state index contributed by atoms with van der Waals surface area (Å²) in [6.45, 7) is 0.559. The molecule has 5 nitrogen and oxygen atoms in total. The van der Waals surface area contributed by atoms with Crippen LogP contribution in [-0.4, -0.2) is 30.4 Å². The van der Waals surface area contributed by atoms with Gasteiger partial charge < -0.3 is 16.4 Å². The van der Waals surface area contributed by atoms with Gasteiger partial charge in [-0.1, -0.05) is 6.42 Å². The lowest BCUT2D eigenvalue weighted by atomic mass is 9.84. The highest BCUT2D eigenvalue weighted by molar-refractivity contribution is 5.79. The smallest absolute Gasteiger partial charge is 0.220 e. The van der Waals surface area contributed by atoms with Crippen LogP contribution in [-0.2, 0) is 9.59 Å². The van der Waals surface area contributed by atoms with E-state index in [2.05, 4.69) is 10.6 Å². The molecule has 0 aromatic carbocycles. The van der Waals surface area contributed by atoms with Crippen LogP contribution in [0, 0.1) is 5.92 Å². The van der Waals surface area contributed by atoms with Gasteiger partial charge in [0.2, 0.25) is 11.8 Å². The number of nitrogens with two attached hydrogens (primary N) is 1. The van der Waals surface area contributed by atoms with Crippen molar-refractivity contribution >= 4 is 11.8 Å². The van der Waals surface area contributed by atoms with E-state index in [-0.39, 0.29) is 23.9 Å². The van der Waals surface area contributed by atoms with E-state index in [0.29, 0.717) is 25.3 Å². The zero-order valence-corrected chi connectivity index (χ0v) is 10.8. The molecule has 102 valence electrons. The van der Waals surface area contributed by atoms with Gasteiger partial charge in [-0.25, -0.2) is 0 Å². The number of hydrogen-bond acceptors (Lipinski definition) is 3. The van der Waals surface area contributed by atoms with Crippen LogP contribution in [0.15, 0.2) is 0 Å². The van der Waals surface area contributed by atoms with Crippen molar-refractivity contribution in [3.8, 4) is 0 Å². The fourth-order valence-electron chi connectivity index (χ4n) is 2.92. The van der Waals surface area contributed by atoms with Gasteiger partial charge in [0, 0.05) is 31.5 Å². The van der Waals surface area contributed by atoms with Crippen LogP contribution in [0.5, 0.6) is 0 Å². The molecule has 1 aliphatic carbocycles. The third-order valence-corrected chi connectivity index (χ3v) is 3.93. The van der Waals surface area contributed by atoms with Crippen molar-refractivity contribution < 1.29 is 9.59 Å². The lowest BCUT2D eigenvalue weighted by Crippen LogP contribution is -2.39. The molecular formula is C13H23N3O2. The van der Waals surface area contributed by atoms with E-state index in [0.717, 1.165) is 32.1 Å². The van der Waals surface area contributed by atoms with Gasteiger partial charge >= 0.3 is 0 Å². The summed E-state index contributed by atoms with van der Waals surface area (Å²) >= 11 is 0. The van der Waals surface area contributed by atoms with Crippen molar-refractivity contribution in [1.82, 2.24) is 10.6 Å². The van der Waals surface area contributed by atoms with E-state index in [1.165, 1.54) is 0 Å². The molecule has 0 bridgehead atoms. The standard InChI is InChI=1S/C13H23N3O2/c14-10-3-1-2-9(6-10)7-13(18)15-8-11-4-5-12(17)16-11/h9-11H,1-8,14H2,(H,15,18)(H,16,17). The SMILES string of the molecule is NC1CCCC(CC(=O)NCC2CCC(=O)N2)C1. The van der Waals surface area contributed by atoms with Crippen molar-refractivity contribution in [2.45, 2.75) is 57.0 Å². The molecule has 0 spiro atoms. The first-order valence-electron chi connectivity index (χ1n) is 6.95. The highest BCUT2D eigenvalue weighted by Crippen LogP contribution is 2.25. The van der Waals surface area contributed by atoms with Gasteiger partial charge in [-0.3, -0.25) is 9.59 Å². The molecule has 0 radical (unpaired) electrons. The summed E-state index contributed by atoms with van der Waals surface area (Å²) in [5.74, 6) is 0.620. The molecule has 2 rings (SSSR count). The molecule has 2 amide bonds. The number of nitrogens with one attached hydrogen (secondary N) is 2. The second-order valence-electron chi connectivity index (χ2n) is 5.60. The molecule has 1 saturated heterocycles. The summed E-state index contributed by atoms with van der Waals surface area (Å²) < 4.78 is 0. The Kier molecular flexibility index (Phi) is 4.58. The molecule has 3 atom stereocenters. The number of amides is 2. The number of carbonyl (C=O) groups is 2. The molecule has 1 heterocycles. The normalized spacial score (nSPS) is 32.1. The molecule has 2 fully saturated rings. The number of rotatable bonds is 4. The minimum absolute atomic E-state index is 0.0903. The summed E-state index contributed by atoms with van der Waals surface area (Å²) in [4.78, 5) is 22.8. The molecule has 1 aliphatic heterocycles. The van der Waals surface area contributed by atoms with Gasteiger partial charge in [0.15, 0.2) is 0 Å². The summed E-state index contributed by atoms with van der Waals surface area (Å²) in [5, 5.41) is 5.76. The Hall–Kier alpha value is -1.10. The Morgan fingerprint density at radius 3 is 2.89 bits per heavy atom. The van der Waals surface area contributed by atoms with E-state index in [9.17, 15) is 9.59 Å². The van der Waals surface area contributed by atoms with Crippen LogP contribution >= 0.6 is 0 Å². The molecule has 5 heteroatoms. The van der Waals surface area contributed by atoms with Gasteiger partial charge in [0.05, 0.1) is 0 Å². The zero-order chi connectivity index (χ0) is 13.0. The van der Waals surface area contributed by atoms with Crippen molar-refractivity contribution in [3.63, 3.8) is 0 Å². The summed E-state index contributed by atoms with van der Waals surface area (Å²) in [6, 6.07) is 0.390. The minimum atomic E-state index is 0.0903. The summed E-state index contributed by atoms with van der Waals surface area (Å²) in [5.41, 5.74) is 5.91. The molecule has 18 heavy (non-hydrogen) atoms. The summed E-state index contributed by atoms with van der Waals surface area (Å²) in [7, 11) is 0. The Morgan fingerprint density at radius 2 is 2.22 bits per heavy atom. The lowest BCUT2D eigenvalue weighted by molar-refractivity contribution is -0.123. The zero-order valence-electron chi connectivity index (χ0n) is 10.8. The van der Waals surface area contributed by atoms with Gasteiger partial charge in [-0.05, 0) is 31.6 Å². The average molecular weight is 253 g/mol. The van der Waals surface area contributed by atoms with Crippen LogP contribution in [0.4, 0.5) is 0 Å². The second-order valence-corrected chi connectivity index (χ2v) is 5.60. The van der Waals surface area contributed by atoms with Crippen LogP contribution in [0.25, 0.3) is 0 Å². The Balaban J connectivity index is 1.64. The van der Waals surface area contributed by atoms with Crippen LogP contribution in [0.1, 0.15) is 44.9 Å². The maximum atomic E-state index is 11.8. The van der Waals surface area contributed by atoms with E-state index in [4.69, 9.17) is 5.73 Å². The minimum Gasteiger partial charge on any atom is -0.354 e. The summed E-state index contributed by atoms with van der Waals surface area (Å²) in [6.07, 6.45) is 6.29. The lowest BCUT2D eigenvalue weighted by Gasteiger charge is -2.26. The van der Waals surface area contributed by atoms with Crippen molar-refractivity contribution in [3.05, 3.63) is 0 Å². The second kappa shape index (κ2) is 6.18. The quantitative estimate of drug-likeness (QED) is 0.673. The van der Waals surface area contributed by atoms with E-state index < -0.39 is 0 Å². The third kappa shape index (κ3) is 3.98. The number of hydrogen-bond donors (Lipinski definition) is 3. The van der Waals surface area contributed by atoms with Crippen LogP contribution in [0.2, 0.25) is 0 Å². The van der Waals surface area contributed by atoms with Gasteiger partial charge in [0.1, 0.15) is 0 Å². The van der Waals surface area contributed by atoms with Gasteiger partial charge in [-0.15, -0.1) is 0 Å². The largest absolute Gasteiger partial charge is 0.354 e. The highest BCUT2D eigenvalue weighted by Gasteiger charge is 2.23. The van der Waals surface area contributed by atoms with Crippen LogP contribution in [0.3, 0.4) is 0 Å². The maximum absolute atomic E-state index is 11.8. The first-order chi connectivity index (χ1) is 8.63. The maximum Gasteiger partial charge on any atom is 0.220 e. The fraction of sp³-hybridized carbons (Fsp3) is 0.846. The number of carbonyl (C=O) groups excluding carboxylic acids is 2. The fourth-order valence-corrected chi connectivity index (χ4v) is 2.92. The average Bonchev–Trinajstić information content (AvgIpc) is 2.73. The first-order valence-corrected chi connectivity index (χ1v) is 6.95. The highest BCUT2D eigenvalue weighted by atomic mass is 16.2. The topological polar surface area (TPSA) is 84.2 Å². The molecule has 3 unspecified atom stereocenters. The van der Waals surface area contributed by atoms with Crippen LogP contribution < -0.4 is 16.4 Å². The monoisotopic (exact) mass is 253 g/mol. The van der Waals surface area contributed by atoms with Gasteiger partial charge in [0.25, 0.3) is 0 Å². The molecule has 0 aromatic heterocycles. The van der Waals surface area contributed by atoms with Crippen molar-refractivity contribution in [2.75, 3.05) is 6.54 Å². The Labute approximate surface area is 108 Å².